The van der Waals surface area contributed by atoms with E-state index >= 15 is 0 Å². The summed E-state index contributed by atoms with van der Waals surface area (Å²) in [6, 6.07) is 10.4. The first-order chi connectivity index (χ1) is 12.0. The molecule has 6 nitrogen and oxygen atoms in total. The molecule has 2 heterocycles. The van der Waals surface area contributed by atoms with Crippen LogP contribution in [0.4, 0.5) is 0 Å². The Morgan fingerprint density at radius 3 is 2.80 bits per heavy atom. The van der Waals surface area contributed by atoms with E-state index in [1.165, 1.54) is 5.56 Å². The van der Waals surface area contributed by atoms with Gasteiger partial charge in [-0.2, -0.15) is 0 Å². The van der Waals surface area contributed by atoms with E-state index in [1.54, 1.807) is 0 Å². The number of amides is 1. The van der Waals surface area contributed by atoms with Gasteiger partial charge in [0, 0.05) is 26.2 Å². The van der Waals surface area contributed by atoms with Crippen molar-refractivity contribution in [2.45, 2.75) is 44.8 Å². The van der Waals surface area contributed by atoms with Gasteiger partial charge in [-0.3, -0.25) is 9.69 Å². The van der Waals surface area contributed by atoms with E-state index in [-0.39, 0.29) is 18.1 Å². The molecule has 138 valence electrons. The molecule has 0 aliphatic carbocycles. The zero-order valence-electron chi connectivity index (χ0n) is 15.1. The van der Waals surface area contributed by atoms with Gasteiger partial charge in [0.2, 0.25) is 5.91 Å². The molecular formula is C19H28N2O4. The van der Waals surface area contributed by atoms with Crippen molar-refractivity contribution in [3.8, 4) is 0 Å². The van der Waals surface area contributed by atoms with Crippen LogP contribution >= 0.6 is 0 Å². The molecule has 0 aromatic heterocycles. The summed E-state index contributed by atoms with van der Waals surface area (Å²) in [5.74, 6) is -0.556. The Labute approximate surface area is 149 Å². The number of nitrogens with zero attached hydrogens (tertiary/aromatic N) is 1. The Bertz CT molecular complexity index is 564. The van der Waals surface area contributed by atoms with Crippen molar-refractivity contribution in [2.75, 3.05) is 32.8 Å². The molecule has 1 aromatic carbocycles. The fourth-order valence-electron chi connectivity index (χ4n) is 3.26. The number of rotatable bonds is 6. The average Bonchev–Trinajstić information content (AvgIpc) is 2.93. The molecule has 2 aliphatic heterocycles. The SMILES string of the molecule is CC1(C)OC[C@H](CNC(=O)C[C@@H]2CN(Cc3ccccc3)CCO2)O1. The highest BCUT2D eigenvalue weighted by Crippen LogP contribution is 2.21. The summed E-state index contributed by atoms with van der Waals surface area (Å²) in [7, 11) is 0. The Morgan fingerprint density at radius 2 is 2.08 bits per heavy atom. The van der Waals surface area contributed by atoms with Gasteiger partial charge in [0.15, 0.2) is 5.79 Å². The highest BCUT2D eigenvalue weighted by molar-refractivity contribution is 5.76. The number of hydrogen-bond donors (Lipinski definition) is 1. The molecule has 2 saturated heterocycles. The van der Waals surface area contributed by atoms with Gasteiger partial charge in [0.25, 0.3) is 0 Å². The summed E-state index contributed by atoms with van der Waals surface area (Å²) >= 11 is 0. The lowest BCUT2D eigenvalue weighted by atomic mass is 10.1. The zero-order valence-corrected chi connectivity index (χ0v) is 15.1. The molecule has 0 unspecified atom stereocenters. The van der Waals surface area contributed by atoms with E-state index in [1.807, 2.05) is 19.9 Å². The second-order valence-corrected chi connectivity index (χ2v) is 7.17. The maximum absolute atomic E-state index is 12.2. The van der Waals surface area contributed by atoms with E-state index in [2.05, 4.69) is 34.5 Å². The molecule has 1 amide bonds. The van der Waals surface area contributed by atoms with E-state index in [0.29, 0.717) is 26.2 Å². The smallest absolute Gasteiger partial charge is 0.222 e. The van der Waals surface area contributed by atoms with Gasteiger partial charge in [-0.15, -0.1) is 0 Å². The minimum Gasteiger partial charge on any atom is -0.375 e. The third-order valence-electron chi connectivity index (χ3n) is 4.48. The molecule has 25 heavy (non-hydrogen) atoms. The van der Waals surface area contributed by atoms with Crippen LogP contribution in [0.3, 0.4) is 0 Å². The first-order valence-corrected chi connectivity index (χ1v) is 8.96. The highest BCUT2D eigenvalue weighted by atomic mass is 16.7. The van der Waals surface area contributed by atoms with Crippen LogP contribution in [0.1, 0.15) is 25.8 Å². The normalized spacial score (nSPS) is 26.5. The maximum atomic E-state index is 12.2. The topological polar surface area (TPSA) is 60.0 Å². The molecule has 6 heteroatoms. The number of carbonyl (C=O) groups excluding carboxylic acids is 1. The third-order valence-corrected chi connectivity index (χ3v) is 4.48. The van der Waals surface area contributed by atoms with Crippen LogP contribution in [0.5, 0.6) is 0 Å². The number of morpholine rings is 1. The second-order valence-electron chi connectivity index (χ2n) is 7.17. The number of benzene rings is 1. The monoisotopic (exact) mass is 348 g/mol. The summed E-state index contributed by atoms with van der Waals surface area (Å²) in [6.45, 7) is 7.98. The molecule has 3 rings (SSSR count). The first-order valence-electron chi connectivity index (χ1n) is 8.96. The largest absolute Gasteiger partial charge is 0.375 e. The lowest BCUT2D eigenvalue weighted by molar-refractivity contribution is -0.140. The molecule has 2 atom stereocenters. The van der Waals surface area contributed by atoms with Crippen LogP contribution in [0.15, 0.2) is 30.3 Å². The predicted molar refractivity (Wildman–Crippen MR) is 94.0 cm³/mol. The van der Waals surface area contributed by atoms with Gasteiger partial charge in [0.05, 0.1) is 25.7 Å². The summed E-state index contributed by atoms with van der Waals surface area (Å²) in [4.78, 5) is 14.5. The number of nitrogens with one attached hydrogen (secondary N) is 1. The predicted octanol–water partition coefficient (Wildman–Crippen LogP) is 1.55. The molecule has 0 saturated carbocycles. The lowest BCUT2D eigenvalue weighted by Gasteiger charge is -2.32. The Kier molecular flexibility index (Phi) is 6.06. The van der Waals surface area contributed by atoms with E-state index < -0.39 is 5.79 Å². The van der Waals surface area contributed by atoms with Crippen molar-refractivity contribution >= 4 is 5.91 Å². The molecule has 0 bridgehead atoms. The van der Waals surface area contributed by atoms with Crippen LogP contribution in [0, 0.1) is 0 Å². The first kappa shape index (κ1) is 18.3. The Balaban J connectivity index is 1.39. The van der Waals surface area contributed by atoms with Gasteiger partial charge < -0.3 is 19.5 Å². The minimum absolute atomic E-state index is 0.000123. The van der Waals surface area contributed by atoms with Crippen LogP contribution in [0.25, 0.3) is 0 Å². The van der Waals surface area contributed by atoms with Crippen molar-refractivity contribution in [1.29, 1.82) is 0 Å². The van der Waals surface area contributed by atoms with Crippen molar-refractivity contribution in [1.82, 2.24) is 10.2 Å². The molecule has 1 N–H and O–H groups in total. The molecule has 2 aliphatic rings. The fourth-order valence-corrected chi connectivity index (χ4v) is 3.26. The van der Waals surface area contributed by atoms with Crippen LogP contribution in [-0.2, 0) is 25.5 Å². The lowest BCUT2D eigenvalue weighted by Crippen LogP contribution is -2.44. The van der Waals surface area contributed by atoms with Crippen LogP contribution < -0.4 is 5.32 Å². The standard InChI is InChI=1S/C19H28N2O4/c1-19(2)24-14-17(25-19)11-20-18(22)10-16-13-21(8-9-23-16)12-15-6-4-3-5-7-15/h3-7,16-17H,8-14H2,1-2H3,(H,20,22)/t16-,17+/m1/s1. The van der Waals surface area contributed by atoms with E-state index in [4.69, 9.17) is 14.2 Å². The van der Waals surface area contributed by atoms with Crippen molar-refractivity contribution in [3.63, 3.8) is 0 Å². The van der Waals surface area contributed by atoms with Gasteiger partial charge >= 0.3 is 0 Å². The maximum Gasteiger partial charge on any atom is 0.222 e. The Morgan fingerprint density at radius 1 is 1.28 bits per heavy atom. The van der Waals surface area contributed by atoms with Gasteiger partial charge in [-0.25, -0.2) is 0 Å². The van der Waals surface area contributed by atoms with Gasteiger partial charge in [-0.05, 0) is 19.4 Å². The summed E-state index contributed by atoms with van der Waals surface area (Å²) < 4.78 is 17.0. The molecular weight excluding hydrogens is 320 g/mol. The van der Waals surface area contributed by atoms with Crippen molar-refractivity contribution in [2.24, 2.45) is 0 Å². The highest BCUT2D eigenvalue weighted by Gasteiger charge is 2.32. The molecule has 2 fully saturated rings. The summed E-state index contributed by atoms with van der Waals surface area (Å²) in [6.07, 6.45) is 0.234. The quantitative estimate of drug-likeness (QED) is 0.845. The summed E-state index contributed by atoms with van der Waals surface area (Å²) in [5, 5.41) is 2.93. The third kappa shape index (κ3) is 5.78. The van der Waals surface area contributed by atoms with Crippen molar-refractivity contribution in [3.05, 3.63) is 35.9 Å². The summed E-state index contributed by atoms with van der Waals surface area (Å²) in [5.41, 5.74) is 1.29. The van der Waals surface area contributed by atoms with Crippen LogP contribution in [-0.4, -0.2) is 61.7 Å². The average molecular weight is 348 g/mol. The van der Waals surface area contributed by atoms with Gasteiger partial charge in [0.1, 0.15) is 6.10 Å². The fraction of sp³-hybridized carbons (Fsp3) is 0.632. The number of hydrogen-bond acceptors (Lipinski definition) is 5. The zero-order chi connectivity index (χ0) is 17.7. The second kappa shape index (κ2) is 8.27. The minimum atomic E-state index is -0.556. The van der Waals surface area contributed by atoms with Crippen molar-refractivity contribution < 1.29 is 19.0 Å². The number of carbonyl (C=O) groups is 1. The molecule has 0 radical (unpaired) electrons. The van der Waals surface area contributed by atoms with E-state index in [0.717, 1.165) is 19.6 Å². The Hall–Kier alpha value is -1.47. The molecule has 0 spiro atoms. The van der Waals surface area contributed by atoms with Crippen LogP contribution in [0.2, 0.25) is 0 Å². The van der Waals surface area contributed by atoms with Gasteiger partial charge in [-0.1, -0.05) is 30.3 Å². The van der Waals surface area contributed by atoms with E-state index in [9.17, 15) is 4.79 Å². The molecule has 1 aromatic rings. The number of ether oxygens (including phenoxy) is 3.